The highest BCUT2D eigenvalue weighted by Crippen LogP contribution is 2.39. The Labute approximate surface area is 240 Å². The Balaban J connectivity index is 1.52. The summed E-state index contributed by atoms with van der Waals surface area (Å²) in [5.41, 5.74) is 0.201. The summed E-state index contributed by atoms with van der Waals surface area (Å²) in [5.74, 6) is 5.57. The minimum absolute atomic E-state index is 0.00301. The molecule has 4 rings (SSSR count). The van der Waals surface area contributed by atoms with Gasteiger partial charge in [0.15, 0.2) is 0 Å². The summed E-state index contributed by atoms with van der Waals surface area (Å²) in [6.07, 6.45) is 5.29. The summed E-state index contributed by atoms with van der Waals surface area (Å²) in [4.78, 5) is 52.7. The van der Waals surface area contributed by atoms with Gasteiger partial charge in [0.05, 0.1) is 23.5 Å². The molecule has 1 aromatic rings. The molecule has 2 saturated carbocycles. The molecule has 3 aliphatic rings. The average Bonchev–Trinajstić information content (AvgIpc) is 3.50. The number of carboxylic acid groups (broad SMARTS) is 1. The van der Waals surface area contributed by atoms with E-state index in [1.54, 1.807) is 11.0 Å². The van der Waals surface area contributed by atoms with E-state index in [1.807, 2.05) is 20.8 Å². The van der Waals surface area contributed by atoms with Crippen molar-refractivity contribution in [1.82, 2.24) is 10.6 Å². The molecule has 40 heavy (non-hydrogen) atoms. The van der Waals surface area contributed by atoms with Crippen molar-refractivity contribution in [3.05, 3.63) is 15.8 Å². The van der Waals surface area contributed by atoms with E-state index in [0.29, 0.717) is 48.7 Å². The molecule has 2 aliphatic carbocycles. The van der Waals surface area contributed by atoms with Crippen molar-refractivity contribution >= 4 is 40.9 Å². The molecule has 3 fully saturated rings. The first-order valence-corrected chi connectivity index (χ1v) is 15.2. The smallest absolute Gasteiger partial charge is 0.407 e. The quantitative estimate of drug-likeness (QED) is 0.416. The van der Waals surface area contributed by atoms with Gasteiger partial charge >= 0.3 is 12.1 Å². The Morgan fingerprint density at radius 1 is 1.10 bits per heavy atom. The number of aromatic carboxylic acids is 1. The Morgan fingerprint density at radius 3 is 2.35 bits per heavy atom. The fourth-order valence-corrected chi connectivity index (χ4v) is 6.56. The van der Waals surface area contributed by atoms with Crippen LogP contribution < -0.4 is 15.5 Å². The lowest BCUT2D eigenvalue weighted by Gasteiger charge is -2.39. The van der Waals surface area contributed by atoms with E-state index in [2.05, 4.69) is 29.4 Å². The first-order valence-electron chi connectivity index (χ1n) is 14.4. The molecule has 1 atom stereocenters. The van der Waals surface area contributed by atoms with Crippen molar-refractivity contribution in [2.75, 3.05) is 11.4 Å². The third-order valence-electron chi connectivity index (χ3n) is 7.93. The van der Waals surface area contributed by atoms with Gasteiger partial charge in [0.25, 0.3) is 0 Å². The van der Waals surface area contributed by atoms with E-state index in [9.17, 15) is 24.3 Å². The Kier molecular flexibility index (Phi) is 9.44. The molecular weight excluding hydrogens is 530 g/mol. The van der Waals surface area contributed by atoms with Gasteiger partial charge in [0.1, 0.15) is 11.0 Å². The highest BCUT2D eigenvalue weighted by atomic mass is 32.1. The number of alkyl carbamates (subject to hydrolysis) is 1. The van der Waals surface area contributed by atoms with Crippen molar-refractivity contribution in [3.8, 4) is 11.8 Å². The molecule has 0 unspecified atom stereocenters. The summed E-state index contributed by atoms with van der Waals surface area (Å²) in [5, 5.41) is 15.7. The molecule has 0 aromatic carbocycles. The molecule has 0 radical (unpaired) electrons. The molecule has 10 heteroatoms. The number of hydrogen-bond acceptors (Lipinski definition) is 6. The zero-order valence-electron chi connectivity index (χ0n) is 23.9. The van der Waals surface area contributed by atoms with Gasteiger partial charge in [0, 0.05) is 23.4 Å². The van der Waals surface area contributed by atoms with Gasteiger partial charge in [0.2, 0.25) is 11.8 Å². The first kappa shape index (κ1) is 29.9. The van der Waals surface area contributed by atoms with Crippen LogP contribution in [-0.2, 0) is 14.3 Å². The highest BCUT2D eigenvalue weighted by molar-refractivity contribution is 7.15. The Hall–Kier alpha value is -3.06. The van der Waals surface area contributed by atoms with Crippen LogP contribution in [0.3, 0.4) is 0 Å². The summed E-state index contributed by atoms with van der Waals surface area (Å²) in [6.45, 7) is 8.53. The number of nitrogens with zero attached hydrogens (tertiary/aromatic N) is 1. The molecule has 9 nitrogen and oxygen atoms in total. The highest BCUT2D eigenvalue weighted by Gasteiger charge is 2.38. The number of hydrogen-bond donors (Lipinski definition) is 3. The van der Waals surface area contributed by atoms with Crippen LogP contribution in [0.15, 0.2) is 6.07 Å². The fourth-order valence-electron chi connectivity index (χ4n) is 5.72. The second-order valence-electron chi connectivity index (χ2n) is 12.5. The number of carboxylic acids is 1. The second-order valence-corrected chi connectivity index (χ2v) is 13.5. The largest absolute Gasteiger partial charge is 0.477 e. The third kappa shape index (κ3) is 7.78. The standard InChI is InChI=1S/C30H41N3O6S/c1-18-5-7-19(8-6-18)27(35)33(24-16-23(13-14-30(2,3)4)40-26(24)28(36)37)21-11-9-20(10-12-21)32-29(38)39-22-15-25(34)31-17-22/h16,18-22H,5-12,15,17H2,1-4H3,(H,31,34)(H,32,38)(H,36,37)/t18?,19?,20?,21?,22-/m0/s1. The molecule has 2 heterocycles. The molecule has 1 saturated heterocycles. The summed E-state index contributed by atoms with van der Waals surface area (Å²) in [6, 6.07) is 1.49. The Bertz CT molecular complexity index is 1180. The van der Waals surface area contributed by atoms with E-state index >= 15 is 0 Å². The van der Waals surface area contributed by atoms with Gasteiger partial charge in [-0.15, -0.1) is 11.3 Å². The number of thiophene rings is 1. The number of amides is 3. The predicted molar refractivity (Wildman–Crippen MR) is 153 cm³/mol. The first-order chi connectivity index (χ1) is 18.9. The minimum Gasteiger partial charge on any atom is -0.477 e. The summed E-state index contributed by atoms with van der Waals surface area (Å²) >= 11 is 1.12. The molecule has 3 N–H and O–H groups in total. The fraction of sp³-hybridized carbons (Fsp3) is 0.667. The number of ether oxygens (including phenoxy) is 1. The molecular formula is C30H41N3O6S. The van der Waals surface area contributed by atoms with Crippen molar-refractivity contribution in [2.45, 2.75) is 104 Å². The number of carbonyl (C=O) groups is 4. The molecule has 1 aliphatic heterocycles. The van der Waals surface area contributed by atoms with Crippen molar-refractivity contribution in [2.24, 2.45) is 17.3 Å². The van der Waals surface area contributed by atoms with Gasteiger partial charge in [-0.05, 0) is 84.1 Å². The molecule has 3 amide bonds. The van der Waals surface area contributed by atoms with Crippen molar-refractivity contribution < 1.29 is 29.0 Å². The van der Waals surface area contributed by atoms with Crippen LogP contribution in [0.5, 0.6) is 0 Å². The van der Waals surface area contributed by atoms with Gasteiger partial charge < -0.3 is 25.4 Å². The normalized spacial score (nSPS) is 26.7. The van der Waals surface area contributed by atoms with Crippen LogP contribution in [0.2, 0.25) is 0 Å². The van der Waals surface area contributed by atoms with E-state index in [-0.39, 0.29) is 46.5 Å². The topological polar surface area (TPSA) is 125 Å². The SMILES string of the molecule is CC1CCC(C(=O)N(c2cc(C#CC(C)(C)C)sc2C(=O)O)C2CCC(NC(=O)O[C@@H]3CNC(=O)C3)CC2)CC1. The second kappa shape index (κ2) is 12.6. The third-order valence-corrected chi connectivity index (χ3v) is 8.95. The molecule has 0 bridgehead atoms. The summed E-state index contributed by atoms with van der Waals surface area (Å²) < 4.78 is 5.37. The van der Waals surface area contributed by atoms with Crippen molar-refractivity contribution in [1.29, 1.82) is 0 Å². The van der Waals surface area contributed by atoms with Crippen LogP contribution in [0.4, 0.5) is 10.5 Å². The predicted octanol–water partition coefficient (Wildman–Crippen LogP) is 4.93. The maximum absolute atomic E-state index is 14.1. The lowest BCUT2D eigenvalue weighted by Crippen LogP contribution is -2.49. The van der Waals surface area contributed by atoms with E-state index < -0.39 is 18.2 Å². The number of nitrogens with one attached hydrogen (secondary N) is 2. The van der Waals surface area contributed by atoms with E-state index in [1.165, 1.54) is 0 Å². The number of rotatable bonds is 6. The van der Waals surface area contributed by atoms with Crippen molar-refractivity contribution in [3.63, 3.8) is 0 Å². The van der Waals surface area contributed by atoms with Crippen LogP contribution >= 0.6 is 11.3 Å². The van der Waals surface area contributed by atoms with Crippen LogP contribution in [0, 0.1) is 29.1 Å². The van der Waals surface area contributed by atoms with Gasteiger partial charge in [-0.1, -0.05) is 18.8 Å². The maximum Gasteiger partial charge on any atom is 0.407 e. The summed E-state index contributed by atoms with van der Waals surface area (Å²) in [7, 11) is 0. The number of carbonyl (C=O) groups excluding carboxylic acids is 3. The van der Waals surface area contributed by atoms with E-state index in [0.717, 1.165) is 37.0 Å². The molecule has 0 spiro atoms. The molecule has 218 valence electrons. The Morgan fingerprint density at radius 2 is 1.77 bits per heavy atom. The van der Waals surface area contributed by atoms with Gasteiger partial charge in [-0.3, -0.25) is 9.59 Å². The zero-order chi connectivity index (χ0) is 29.0. The molecule has 1 aromatic heterocycles. The lowest BCUT2D eigenvalue weighted by molar-refractivity contribution is -0.124. The van der Waals surface area contributed by atoms with E-state index in [4.69, 9.17) is 4.74 Å². The van der Waals surface area contributed by atoms with Gasteiger partial charge in [-0.2, -0.15) is 0 Å². The van der Waals surface area contributed by atoms with Crippen LogP contribution in [0.25, 0.3) is 0 Å². The maximum atomic E-state index is 14.1. The number of anilines is 1. The van der Waals surface area contributed by atoms with Crippen LogP contribution in [-0.4, -0.2) is 53.7 Å². The zero-order valence-corrected chi connectivity index (χ0v) is 24.7. The monoisotopic (exact) mass is 571 g/mol. The van der Waals surface area contributed by atoms with Crippen LogP contribution in [0.1, 0.15) is 100 Å². The minimum atomic E-state index is -1.06. The lowest BCUT2D eigenvalue weighted by atomic mass is 9.81. The van der Waals surface area contributed by atoms with Gasteiger partial charge in [-0.25, -0.2) is 9.59 Å². The average molecular weight is 572 g/mol.